The summed E-state index contributed by atoms with van der Waals surface area (Å²) in [4.78, 5) is 14.3. The van der Waals surface area contributed by atoms with Crippen molar-refractivity contribution in [1.29, 1.82) is 0 Å². The zero-order valence-electron chi connectivity index (χ0n) is 31.1. The van der Waals surface area contributed by atoms with Crippen LogP contribution in [0, 0.1) is 0 Å². The Kier molecular flexibility index (Phi) is 5.87. The van der Waals surface area contributed by atoms with Gasteiger partial charge in [-0.05, 0) is 57.6 Å². The summed E-state index contributed by atoms with van der Waals surface area (Å²) in [5.41, 5.74) is 9.01. The van der Waals surface area contributed by atoms with Crippen LogP contribution in [-0.4, -0.2) is 15.0 Å². The lowest BCUT2D eigenvalue weighted by molar-refractivity contribution is 0.669. The van der Waals surface area contributed by atoms with Crippen LogP contribution in [0.25, 0.3) is 89.5 Å². The van der Waals surface area contributed by atoms with Gasteiger partial charge in [0.05, 0.1) is 6.85 Å². The van der Waals surface area contributed by atoms with E-state index in [2.05, 4.69) is 42.5 Å². The fraction of sp³-hybridized carbons (Fsp3) is 0. The SMILES string of the molecule is [2H]c1c([2H])c([2H])c(-c2nc(-c3ccc(-c4ccccc4)cc3)nc(-c3ccc4c(c3)oc3cccc(-c5cccc(-c6ccccc6)c5)c34)n2)c([2H])c1[2H]. The normalized spacial score (nSPS) is 12.7. The minimum Gasteiger partial charge on any atom is -0.456 e. The first kappa shape index (κ1) is 23.6. The molecule has 0 aliphatic rings. The van der Waals surface area contributed by atoms with Crippen molar-refractivity contribution >= 4 is 21.9 Å². The fourth-order valence-electron chi connectivity index (χ4n) is 6.25. The van der Waals surface area contributed by atoms with Gasteiger partial charge in [-0.2, -0.15) is 0 Å². The van der Waals surface area contributed by atoms with Crippen molar-refractivity contribution in [3.63, 3.8) is 0 Å². The Morgan fingerprint density at radius 3 is 1.67 bits per heavy atom. The van der Waals surface area contributed by atoms with Crippen LogP contribution in [0.1, 0.15) is 6.85 Å². The van der Waals surface area contributed by atoms with Crippen molar-refractivity contribution in [3.05, 3.63) is 176 Å². The molecule has 0 spiro atoms. The third-order valence-electron chi connectivity index (χ3n) is 8.65. The van der Waals surface area contributed by atoms with E-state index >= 15 is 0 Å². The molecule has 0 saturated heterocycles. The number of furan rings is 1. The molecule has 0 fully saturated rings. The summed E-state index contributed by atoms with van der Waals surface area (Å²) in [6.45, 7) is 0. The second kappa shape index (κ2) is 12.2. The number of rotatable bonds is 6. The number of fused-ring (bicyclic) bond motifs is 3. The van der Waals surface area contributed by atoms with Gasteiger partial charge in [0, 0.05) is 27.5 Å². The Bertz CT molecular complexity index is 2850. The summed E-state index contributed by atoms with van der Waals surface area (Å²) in [7, 11) is 0. The lowest BCUT2D eigenvalue weighted by Gasteiger charge is -2.09. The molecule has 2 aromatic heterocycles. The largest absolute Gasteiger partial charge is 0.456 e. The van der Waals surface area contributed by atoms with Gasteiger partial charge in [-0.25, -0.2) is 15.0 Å². The standard InChI is InChI=1S/C45H29N3O/c1-4-12-30(13-5-1)32-22-24-34(25-23-32)44-46-43(33-16-8-3-9-17-33)47-45(48-44)37-26-27-39-41(29-37)49-40-21-11-20-38(42(39)40)36-19-10-18-35(28-36)31-14-6-2-7-15-31/h1-29H/i3D,8D,9D,16D,17D. The highest BCUT2D eigenvalue weighted by Crippen LogP contribution is 2.39. The molecular weight excluding hydrogens is 599 g/mol. The maximum Gasteiger partial charge on any atom is 0.164 e. The Labute approximate surface area is 291 Å². The third-order valence-corrected chi connectivity index (χ3v) is 8.65. The van der Waals surface area contributed by atoms with Crippen molar-refractivity contribution < 1.29 is 11.3 Å². The predicted octanol–water partition coefficient (Wildman–Crippen LogP) is 11.8. The van der Waals surface area contributed by atoms with Gasteiger partial charge in [0.25, 0.3) is 0 Å². The van der Waals surface area contributed by atoms with Gasteiger partial charge in [0.1, 0.15) is 11.2 Å². The van der Waals surface area contributed by atoms with Crippen LogP contribution in [0.2, 0.25) is 0 Å². The van der Waals surface area contributed by atoms with E-state index < -0.39 is 18.1 Å². The molecule has 0 bridgehead atoms. The Balaban J connectivity index is 1.19. The van der Waals surface area contributed by atoms with Gasteiger partial charge in [-0.1, -0.05) is 152 Å². The molecular formula is C45H29N3O. The summed E-state index contributed by atoms with van der Waals surface area (Å²) in [5.74, 6) is 0.545. The molecule has 0 radical (unpaired) electrons. The molecule has 0 N–H and O–H groups in total. The van der Waals surface area contributed by atoms with E-state index in [-0.39, 0.29) is 29.3 Å². The highest BCUT2D eigenvalue weighted by atomic mass is 16.3. The quantitative estimate of drug-likeness (QED) is 0.183. The number of aromatic nitrogens is 3. The van der Waals surface area contributed by atoms with E-state index in [1.807, 2.05) is 103 Å². The van der Waals surface area contributed by atoms with Crippen LogP contribution < -0.4 is 0 Å². The first-order valence-corrected chi connectivity index (χ1v) is 15.9. The second-order valence-electron chi connectivity index (χ2n) is 11.7. The summed E-state index contributed by atoms with van der Waals surface area (Å²) in [5, 5.41) is 1.91. The van der Waals surface area contributed by atoms with E-state index in [9.17, 15) is 0 Å². The summed E-state index contributed by atoms with van der Waals surface area (Å²) >= 11 is 0. The van der Waals surface area contributed by atoms with Crippen molar-refractivity contribution in [2.45, 2.75) is 0 Å². The number of hydrogen-bond acceptors (Lipinski definition) is 4. The molecule has 9 aromatic rings. The molecule has 0 aliphatic heterocycles. The highest BCUT2D eigenvalue weighted by Gasteiger charge is 2.17. The molecule has 0 unspecified atom stereocenters. The van der Waals surface area contributed by atoms with Crippen molar-refractivity contribution in [1.82, 2.24) is 15.0 Å². The van der Waals surface area contributed by atoms with Crippen molar-refractivity contribution in [2.75, 3.05) is 0 Å². The maximum atomic E-state index is 8.68. The van der Waals surface area contributed by atoms with E-state index in [0.717, 1.165) is 49.7 Å². The van der Waals surface area contributed by atoms with E-state index in [4.69, 9.17) is 26.2 Å². The van der Waals surface area contributed by atoms with Gasteiger partial charge < -0.3 is 4.42 Å². The summed E-state index contributed by atoms with van der Waals surface area (Å²) < 4.78 is 48.6. The minimum absolute atomic E-state index is 0.0237. The predicted molar refractivity (Wildman–Crippen MR) is 200 cm³/mol. The summed E-state index contributed by atoms with van der Waals surface area (Å²) in [6.07, 6.45) is 0. The third kappa shape index (κ3) is 5.45. The van der Waals surface area contributed by atoms with Crippen molar-refractivity contribution in [2.24, 2.45) is 0 Å². The molecule has 0 atom stereocenters. The second-order valence-corrected chi connectivity index (χ2v) is 11.7. The lowest BCUT2D eigenvalue weighted by atomic mass is 9.96. The van der Waals surface area contributed by atoms with E-state index in [1.54, 1.807) is 0 Å². The van der Waals surface area contributed by atoms with Crippen LogP contribution in [0.15, 0.2) is 180 Å². The topological polar surface area (TPSA) is 51.8 Å². The first-order valence-electron chi connectivity index (χ1n) is 18.4. The smallest absolute Gasteiger partial charge is 0.164 e. The average Bonchev–Trinajstić information content (AvgIpc) is 3.61. The fourth-order valence-corrected chi connectivity index (χ4v) is 6.25. The Morgan fingerprint density at radius 1 is 0.388 bits per heavy atom. The monoisotopic (exact) mass is 632 g/mol. The molecule has 2 heterocycles. The lowest BCUT2D eigenvalue weighted by Crippen LogP contribution is -2.00. The maximum absolute atomic E-state index is 8.68. The molecule has 0 saturated carbocycles. The number of nitrogens with zero attached hydrogens (tertiary/aromatic N) is 3. The molecule has 4 nitrogen and oxygen atoms in total. The molecule has 0 aliphatic carbocycles. The van der Waals surface area contributed by atoms with E-state index in [0.29, 0.717) is 22.5 Å². The Hall–Kier alpha value is -6.65. The van der Waals surface area contributed by atoms with Crippen LogP contribution in [-0.2, 0) is 0 Å². The van der Waals surface area contributed by atoms with E-state index in [1.165, 1.54) is 0 Å². The van der Waals surface area contributed by atoms with Crippen LogP contribution in [0.5, 0.6) is 0 Å². The van der Waals surface area contributed by atoms with Gasteiger partial charge in [-0.15, -0.1) is 0 Å². The molecule has 9 rings (SSSR count). The van der Waals surface area contributed by atoms with Crippen molar-refractivity contribution in [3.8, 4) is 67.5 Å². The van der Waals surface area contributed by atoms with Gasteiger partial charge in [0.2, 0.25) is 0 Å². The highest BCUT2D eigenvalue weighted by molar-refractivity contribution is 6.13. The van der Waals surface area contributed by atoms with Gasteiger partial charge >= 0.3 is 0 Å². The summed E-state index contributed by atoms with van der Waals surface area (Å²) in [6, 6.07) is 46.2. The van der Waals surface area contributed by atoms with Crippen LogP contribution >= 0.6 is 0 Å². The van der Waals surface area contributed by atoms with Gasteiger partial charge in [-0.3, -0.25) is 0 Å². The zero-order valence-corrected chi connectivity index (χ0v) is 26.1. The number of benzene rings is 7. The number of hydrogen-bond donors (Lipinski definition) is 0. The van der Waals surface area contributed by atoms with Crippen LogP contribution in [0.3, 0.4) is 0 Å². The minimum atomic E-state index is -0.485. The molecule has 7 aromatic carbocycles. The first-order chi connectivity index (χ1) is 26.3. The average molecular weight is 633 g/mol. The van der Waals surface area contributed by atoms with Gasteiger partial charge in [0.15, 0.2) is 17.5 Å². The zero-order chi connectivity index (χ0) is 36.9. The molecule has 49 heavy (non-hydrogen) atoms. The Morgan fingerprint density at radius 2 is 0.939 bits per heavy atom. The molecule has 0 amide bonds. The molecule has 230 valence electrons. The molecule has 4 heteroatoms. The van der Waals surface area contributed by atoms with Crippen LogP contribution in [0.4, 0.5) is 0 Å².